The van der Waals surface area contributed by atoms with Crippen LogP contribution in [0.1, 0.15) is 15.9 Å². The fraction of sp³-hybridized carbons (Fsp3) is 0.350. The molecule has 3 rings (SSSR count). The third-order valence-corrected chi connectivity index (χ3v) is 7.12. The summed E-state index contributed by atoms with van der Waals surface area (Å²) in [6, 6.07) is 10.9. The van der Waals surface area contributed by atoms with Gasteiger partial charge in [0, 0.05) is 39.3 Å². The van der Waals surface area contributed by atoms with Gasteiger partial charge in [-0.05, 0) is 31.2 Å². The molecule has 0 aliphatic carbocycles. The van der Waals surface area contributed by atoms with Gasteiger partial charge in [-0.3, -0.25) is 9.69 Å². The first-order valence-electron chi connectivity index (χ1n) is 9.30. The minimum atomic E-state index is -3.50. The van der Waals surface area contributed by atoms with Gasteiger partial charge < -0.3 is 5.32 Å². The van der Waals surface area contributed by atoms with Gasteiger partial charge in [0.15, 0.2) is 0 Å². The van der Waals surface area contributed by atoms with E-state index in [2.05, 4.69) is 10.2 Å². The van der Waals surface area contributed by atoms with Crippen LogP contribution < -0.4 is 5.32 Å². The number of hydrogen-bond acceptors (Lipinski definition) is 4. The lowest BCUT2D eigenvalue weighted by atomic mass is 10.2. The van der Waals surface area contributed by atoms with Gasteiger partial charge >= 0.3 is 0 Å². The first-order chi connectivity index (χ1) is 13.8. The molecule has 0 spiro atoms. The van der Waals surface area contributed by atoms with Crippen molar-refractivity contribution in [3.63, 3.8) is 0 Å². The monoisotopic (exact) mass is 439 g/mol. The third-order valence-electron chi connectivity index (χ3n) is 4.89. The van der Waals surface area contributed by atoms with Crippen molar-refractivity contribution in [2.24, 2.45) is 0 Å². The van der Waals surface area contributed by atoms with Gasteiger partial charge in [0.1, 0.15) is 5.82 Å². The molecule has 0 radical (unpaired) electrons. The van der Waals surface area contributed by atoms with E-state index in [1.54, 1.807) is 24.3 Å². The molecule has 6 nitrogen and oxygen atoms in total. The molecule has 0 aromatic heterocycles. The molecule has 156 valence electrons. The first kappa shape index (κ1) is 21.7. The van der Waals surface area contributed by atoms with E-state index in [1.165, 1.54) is 22.5 Å². The van der Waals surface area contributed by atoms with Gasteiger partial charge in [0.05, 0.1) is 15.5 Å². The Morgan fingerprint density at radius 1 is 1.10 bits per heavy atom. The van der Waals surface area contributed by atoms with Gasteiger partial charge in [-0.15, -0.1) is 0 Å². The lowest BCUT2D eigenvalue weighted by Gasteiger charge is -2.34. The zero-order chi connectivity index (χ0) is 21.0. The molecule has 1 aliphatic heterocycles. The molecule has 9 heteroatoms. The number of amides is 1. The van der Waals surface area contributed by atoms with Gasteiger partial charge in [-0.25, -0.2) is 12.8 Å². The number of piperazine rings is 1. The predicted octanol–water partition coefficient (Wildman–Crippen LogP) is 2.52. The van der Waals surface area contributed by atoms with Crippen LogP contribution in [0.3, 0.4) is 0 Å². The summed E-state index contributed by atoms with van der Waals surface area (Å²) in [5.41, 5.74) is 0.843. The van der Waals surface area contributed by atoms with E-state index in [4.69, 9.17) is 11.6 Å². The maximum atomic E-state index is 13.8. The van der Waals surface area contributed by atoms with Crippen LogP contribution in [0.5, 0.6) is 0 Å². The number of carbonyl (C=O) groups is 1. The fourth-order valence-electron chi connectivity index (χ4n) is 3.18. The number of hydrogen-bond donors (Lipinski definition) is 1. The van der Waals surface area contributed by atoms with Crippen LogP contribution in [0, 0.1) is 12.7 Å². The average Bonchev–Trinajstić information content (AvgIpc) is 2.68. The van der Waals surface area contributed by atoms with Crippen molar-refractivity contribution in [3.05, 3.63) is 64.4 Å². The van der Waals surface area contributed by atoms with Crippen LogP contribution in [-0.2, 0) is 10.0 Å². The minimum Gasteiger partial charge on any atom is -0.351 e. The Bertz CT molecular complexity index is 955. The number of aryl methyl sites for hydroxylation is 1. The number of halogens is 2. The summed E-state index contributed by atoms with van der Waals surface area (Å²) in [6.45, 7) is 4.63. The van der Waals surface area contributed by atoms with Gasteiger partial charge in [-0.1, -0.05) is 35.4 Å². The average molecular weight is 440 g/mol. The first-order valence-corrected chi connectivity index (χ1v) is 11.1. The predicted molar refractivity (Wildman–Crippen MR) is 110 cm³/mol. The lowest BCUT2D eigenvalue weighted by molar-refractivity contribution is 0.0941. The second-order valence-corrected chi connectivity index (χ2v) is 9.26. The van der Waals surface area contributed by atoms with E-state index in [-0.39, 0.29) is 10.6 Å². The smallest absolute Gasteiger partial charge is 0.255 e. The number of rotatable bonds is 6. The molecule has 0 atom stereocenters. The maximum absolute atomic E-state index is 13.8. The molecule has 1 N–H and O–H groups in total. The molecular formula is C20H23ClFN3O3S. The highest BCUT2D eigenvalue weighted by atomic mass is 35.5. The molecule has 1 amide bonds. The number of benzene rings is 2. The minimum absolute atomic E-state index is 0.0671. The summed E-state index contributed by atoms with van der Waals surface area (Å²) in [6.07, 6.45) is 0. The van der Waals surface area contributed by atoms with Crippen molar-refractivity contribution < 1.29 is 17.6 Å². The SMILES string of the molecule is Cc1ccc(S(=O)(=O)N2CCN(CCNC(=O)c3c(F)cccc3Cl)CC2)cc1. The van der Waals surface area contributed by atoms with E-state index >= 15 is 0 Å². The zero-order valence-electron chi connectivity index (χ0n) is 16.1. The number of sulfonamides is 1. The fourth-order valence-corrected chi connectivity index (χ4v) is 4.85. The van der Waals surface area contributed by atoms with Gasteiger partial charge in [-0.2, -0.15) is 4.31 Å². The number of nitrogens with zero attached hydrogens (tertiary/aromatic N) is 2. The largest absolute Gasteiger partial charge is 0.351 e. The van der Waals surface area contributed by atoms with Gasteiger partial charge in [0.25, 0.3) is 5.91 Å². The number of nitrogens with one attached hydrogen (secondary N) is 1. The molecule has 1 saturated heterocycles. The standard InChI is InChI=1S/C20H23ClFN3O3S/c1-15-5-7-16(8-6-15)29(27,28)25-13-11-24(12-14-25)10-9-23-20(26)19-17(21)3-2-4-18(19)22/h2-8H,9-14H2,1H3,(H,23,26). The van der Waals surface area contributed by atoms with Crippen LogP contribution in [0.2, 0.25) is 5.02 Å². The van der Waals surface area contributed by atoms with Crippen LogP contribution >= 0.6 is 11.6 Å². The normalized spacial score (nSPS) is 16.0. The van der Waals surface area contributed by atoms with Crippen molar-refractivity contribution in [1.29, 1.82) is 0 Å². The van der Waals surface area contributed by atoms with Crippen LogP contribution in [0.4, 0.5) is 4.39 Å². The molecule has 29 heavy (non-hydrogen) atoms. The molecule has 2 aromatic carbocycles. The van der Waals surface area contributed by atoms with E-state index in [0.717, 1.165) is 5.56 Å². The van der Waals surface area contributed by atoms with Crippen molar-refractivity contribution in [3.8, 4) is 0 Å². The summed E-state index contributed by atoms with van der Waals surface area (Å²) in [7, 11) is -3.50. The summed E-state index contributed by atoms with van der Waals surface area (Å²) in [4.78, 5) is 14.5. The topological polar surface area (TPSA) is 69.7 Å². The molecule has 0 saturated carbocycles. The third kappa shape index (κ3) is 5.14. The summed E-state index contributed by atoms with van der Waals surface area (Å²) >= 11 is 5.90. The molecular weight excluding hydrogens is 417 g/mol. The van der Waals surface area contributed by atoms with Gasteiger partial charge in [0.2, 0.25) is 10.0 Å². The van der Waals surface area contributed by atoms with E-state index in [0.29, 0.717) is 44.2 Å². The van der Waals surface area contributed by atoms with E-state index in [1.807, 2.05) is 6.92 Å². The van der Waals surface area contributed by atoms with Crippen molar-refractivity contribution in [2.45, 2.75) is 11.8 Å². The Morgan fingerprint density at radius 2 is 1.76 bits per heavy atom. The molecule has 0 bridgehead atoms. The zero-order valence-corrected chi connectivity index (χ0v) is 17.6. The summed E-state index contributed by atoms with van der Waals surface area (Å²) in [5.74, 6) is -1.22. The molecule has 1 heterocycles. The van der Waals surface area contributed by atoms with Crippen molar-refractivity contribution >= 4 is 27.5 Å². The van der Waals surface area contributed by atoms with Crippen LogP contribution in [0.25, 0.3) is 0 Å². The Morgan fingerprint density at radius 3 is 2.38 bits per heavy atom. The Balaban J connectivity index is 1.49. The summed E-state index contributed by atoms with van der Waals surface area (Å²) in [5, 5.41) is 2.73. The Hall–Kier alpha value is -2.00. The molecule has 0 unspecified atom stereocenters. The second kappa shape index (κ2) is 9.21. The van der Waals surface area contributed by atoms with Crippen molar-refractivity contribution in [2.75, 3.05) is 39.3 Å². The highest BCUT2D eigenvalue weighted by Crippen LogP contribution is 2.19. The highest BCUT2D eigenvalue weighted by Gasteiger charge is 2.28. The molecule has 1 aliphatic rings. The van der Waals surface area contributed by atoms with Crippen molar-refractivity contribution in [1.82, 2.24) is 14.5 Å². The van der Waals surface area contributed by atoms with E-state index < -0.39 is 21.7 Å². The van der Waals surface area contributed by atoms with E-state index in [9.17, 15) is 17.6 Å². The molecule has 2 aromatic rings. The maximum Gasteiger partial charge on any atom is 0.255 e. The summed E-state index contributed by atoms with van der Waals surface area (Å²) < 4.78 is 40.7. The Kier molecular flexibility index (Phi) is 6.89. The lowest BCUT2D eigenvalue weighted by Crippen LogP contribution is -2.50. The van der Waals surface area contributed by atoms with Crippen LogP contribution in [-0.4, -0.2) is 62.8 Å². The Labute approximate surface area is 175 Å². The number of carbonyl (C=O) groups excluding carboxylic acids is 1. The molecule has 1 fully saturated rings. The van der Waals surface area contributed by atoms with Crippen LogP contribution in [0.15, 0.2) is 47.4 Å². The highest BCUT2D eigenvalue weighted by molar-refractivity contribution is 7.89. The quantitative estimate of drug-likeness (QED) is 0.750. The second-order valence-electron chi connectivity index (χ2n) is 6.91.